The Labute approximate surface area is 225 Å². The lowest BCUT2D eigenvalue weighted by Gasteiger charge is -2.10. The minimum atomic E-state index is -0.216. The van der Waals surface area contributed by atoms with Gasteiger partial charge in [-0.15, -0.1) is 11.3 Å². The first kappa shape index (κ1) is 25.4. The van der Waals surface area contributed by atoms with E-state index in [2.05, 4.69) is 50.5 Å². The lowest BCUT2D eigenvalue weighted by Crippen LogP contribution is -2.19. The number of amides is 1. The first-order valence-corrected chi connectivity index (χ1v) is 13.6. The Kier molecular flexibility index (Phi) is 8.98. The lowest BCUT2D eigenvalue weighted by molar-refractivity contribution is -0.118. The molecule has 0 fully saturated rings. The Balaban J connectivity index is 1.30. The Morgan fingerprint density at radius 1 is 1.17 bits per heavy atom. The van der Waals surface area contributed by atoms with Gasteiger partial charge in [-0.2, -0.15) is 5.10 Å². The second kappa shape index (κ2) is 12.4. The van der Waals surface area contributed by atoms with Crippen LogP contribution in [0.5, 0.6) is 5.75 Å². The summed E-state index contributed by atoms with van der Waals surface area (Å²) in [6.07, 6.45) is 1.58. The van der Waals surface area contributed by atoms with Gasteiger partial charge in [-0.3, -0.25) is 4.79 Å². The molecule has 4 rings (SSSR count). The quantitative estimate of drug-likeness (QED) is 0.126. The van der Waals surface area contributed by atoms with Gasteiger partial charge in [0.05, 0.1) is 17.7 Å². The molecule has 1 aromatic heterocycles. The first-order valence-electron chi connectivity index (χ1n) is 10.6. The molecule has 0 aliphatic rings. The van der Waals surface area contributed by atoms with Crippen molar-refractivity contribution in [1.82, 2.24) is 10.4 Å². The smallest absolute Gasteiger partial charge is 0.250 e. The molecule has 1 amide bonds. The molecule has 0 bridgehead atoms. The van der Waals surface area contributed by atoms with E-state index >= 15 is 0 Å². The summed E-state index contributed by atoms with van der Waals surface area (Å²) in [6.45, 7) is 2.49. The summed E-state index contributed by atoms with van der Waals surface area (Å²) in [6, 6.07) is 21.4. The van der Waals surface area contributed by atoms with Crippen LogP contribution < -0.4 is 10.2 Å². The number of carbonyl (C=O) groups excluding carboxylic acids is 1. The molecule has 0 atom stereocenters. The number of thiazole rings is 1. The van der Waals surface area contributed by atoms with Crippen LogP contribution in [0.15, 0.2) is 86.0 Å². The second-order valence-electron chi connectivity index (χ2n) is 7.54. The van der Waals surface area contributed by atoms with Crippen molar-refractivity contribution in [3.63, 3.8) is 0 Å². The topological polar surface area (TPSA) is 63.6 Å². The number of nitrogens with one attached hydrogen (secondary N) is 1. The molecule has 9 heteroatoms. The van der Waals surface area contributed by atoms with Gasteiger partial charge in [-0.05, 0) is 42.8 Å². The number of ether oxygens (including phenoxy) is 1. The average Bonchev–Trinajstić information content (AvgIpc) is 3.33. The van der Waals surface area contributed by atoms with Crippen LogP contribution in [-0.2, 0) is 11.4 Å². The van der Waals surface area contributed by atoms with Crippen molar-refractivity contribution in [2.24, 2.45) is 5.10 Å². The van der Waals surface area contributed by atoms with Crippen LogP contribution in [0.2, 0.25) is 5.02 Å². The summed E-state index contributed by atoms with van der Waals surface area (Å²) in [7, 11) is 0. The maximum Gasteiger partial charge on any atom is 0.250 e. The van der Waals surface area contributed by atoms with E-state index in [0.29, 0.717) is 17.4 Å². The van der Waals surface area contributed by atoms with E-state index in [1.807, 2.05) is 60.0 Å². The molecule has 5 nitrogen and oxygen atoms in total. The predicted molar refractivity (Wildman–Crippen MR) is 149 cm³/mol. The molecule has 178 valence electrons. The fraction of sp³-hybridized carbons (Fsp3) is 0.115. The highest BCUT2D eigenvalue weighted by atomic mass is 79.9. The van der Waals surface area contributed by atoms with Gasteiger partial charge < -0.3 is 4.74 Å². The highest BCUT2D eigenvalue weighted by molar-refractivity contribution is 9.10. The number of hydrogen-bond acceptors (Lipinski definition) is 6. The van der Waals surface area contributed by atoms with E-state index in [9.17, 15) is 4.79 Å². The summed E-state index contributed by atoms with van der Waals surface area (Å²) in [5.41, 5.74) is 7.46. The molecule has 0 spiro atoms. The van der Waals surface area contributed by atoms with Crippen molar-refractivity contribution in [1.29, 1.82) is 0 Å². The van der Waals surface area contributed by atoms with Gasteiger partial charge in [0, 0.05) is 26.0 Å². The van der Waals surface area contributed by atoms with E-state index in [0.717, 1.165) is 31.2 Å². The van der Waals surface area contributed by atoms with Gasteiger partial charge in [0.2, 0.25) is 0 Å². The van der Waals surface area contributed by atoms with Crippen molar-refractivity contribution >= 4 is 62.8 Å². The molecule has 35 heavy (non-hydrogen) atoms. The fourth-order valence-electron chi connectivity index (χ4n) is 3.01. The number of aromatic nitrogens is 1. The SMILES string of the molecule is Cc1ccc(COc2ccc(Br)cc2/C=N/NC(=O)CSc2nc(-c3ccc(Cl)cc3)cs2)cc1. The highest BCUT2D eigenvalue weighted by Gasteiger charge is 2.09. The average molecular weight is 587 g/mol. The van der Waals surface area contributed by atoms with E-state index in [1.54, 1.807) is 6.21 Å². The maximum absolute atomic E-state index is 12.3. The highest BCUT2D eigenvalue weighted by Crippen LogP contribution is 2.29. The minimum Gasteiger partial charge on any atom is -0.488 e. The van der Waals surface area contributed by atoms with Crippen LogP contribution in [0.4, 0.5) is 0 Å². The summed E-state index contributed by atoms with van der Waals surface area (Å²) in [4.78, 5) is 16.9. The molecule has 0 aliphatic carbocycles. The van der Waals surface area contributed by atoms with Crippen LogP contribution in [0, 0.1) is 6.92 Å². The third-order valence-electron chi connectivity index (χ3n) is 4.83. The lowest BCUT2D eigenvalue weighted by atomic mass is 10.1. The minimum absolute atomic E-state index is 0.209. The number of aryl methyl sites for hydroxylation is 1. The van der Waals surface area contributed by atoms with Gasteiger partial charge in [-0.1, -0.05) is 81.3 Å². The molecule has 3 aromatic carbocycles. The zero-order valence-electron chi connectivity index (χ0n) is 18.7. The van der Waals surface area contributed by atoms with Crippen LogP contribution in [0.3, 0.4) is 0 Å². The molecule has 0 radical (unpaired) electrons. The van der Waals surface area contributed by atoms with Gasteiger partial charge in [0.15, 0.2) is 4.34 Å². The Hall–Kier alpha value is -2.65. The molecule has 4 aromatic rings. The molecular weight excluding hydrogens is 566 g/mol. The monoisotopic (exact) mass is 585 g/mol. The predicted octanol–water partition coefficient (Wildman–Crippen LogP) is 7.36. The molecular formula is C26H21BrClN3O2S2. The first-order chi connectivity index (χ1) is 17.0. The van der Waals surface area contributed by atoms with Crippen molar-refractivity contribution in [3.05, 3.63) is 98.3 Å². The Bertz CT molecular complexity index is 1330. The number of hydrazone groups is 1. The summed E-state index contributed by atoms with van der Waals surface area (Å²) in [5.74, 6) is 0.672. The molecule has 1 heterocycles. The third-order valence-corrected chi connectivity index (χ3v) is 7.60. The van der Waals surface area contributed by atoms with Crippen LogP contribution in [-0.4, -0.2) is 22.9 Å². The van der Waals surface area contributed by atoms with Crippen LogP contribution in [0.1, 0.15) is 16.7 Å². The van der Waals surface area contributed by atoms with Crippen LogP contribution in [0.25, 0.3) is 11.3 Å². The van der Waals surface area contributed by atoms with Gasteiger partial charge >= 0.3 is 0 Å². The number of halogens is 2. The Morgan fingerprint density at radius 3 is 2.71 bits per heavy atom. The largest absolute Gasteiger partial charge is 0.488 e. The number of rotatable bonds is 9. The van der Waals surface area contributed by atoms with Crippen molar-refractivity contribution in [2.45, 2.75) is 17.9 Å². The number of nitrogens with zero attached hydrogens (tertiary/aromatic N) is 2. The van der Waals surface area contributed by atoms with Gasteiger partial charge in [0.1, 0.15) is 12.4 Å². The molecule has 1 N–H and O–H groups in total. The van der Waals surface area contributed by atoms with E-state index in [1.165, 1.54) is 28.7 Å². The zero-order valence-corrected chi connectivity index (χ0v) is 22.7. The molecule has 0 aliphatic heterocycles. The Morgan fingerprint density at radius 2 is 1.94 bits per heavy atom. The standard InChI is InChI=1S/C26H21BrClN3O2S2/c1-17-2-4-18(5-3-17)14-33-24-11-8-21(27)12-20(24)13-29-31-25(32)16-35-26-30-23(15-34-26)19-6-9-22(28)10-7-19/h2-13,15H,14,16H2,1H3,(H,31,32)/b29-13+. The zero-order chi connectivity index (χ0) is 24.6. The molecule has 0 saturated carbocycles. The molecule has 0 unspecified atom stereocenters. The second-order valence-corrected chi connectivity index (χ2v) is 11.0. The number of thioether (sulfide) groups is 1. The van der Waals surface area contributed by atoms with E-state index in [4.69, 9.17) is 16.3 Å². The molecule has 0 saturated heterocycles. The van der Waals surface area contributed by atoms with Crippen LogP contribution >= 0.6 is 50.6 Å². The summed E-state index contributed by atoms with van der Waals surface area (Å²) in [5, 5.41) is 6.76. The summed E-state index contributed by atoms with van der Waals surface area (Å²) >= 11 is 12.3. The van der Waals surface area contributed by atoms with E-state index in [-0.39, 0.29) is 11.7 Å². The van der Waals surface area contributed by atoms with Gasteiger partial charge in [-0.25, -0.2) is 10.4 Å². The van der Waals surface area contributed by atoms with Crippen molar-refractivity contribution in [3.8, 4) is 17.0 Å². The third kappa shape index (κ3) is 7.67. The number of carbonyl (C=O) groups is 1. The maximum atomic E-state index is 12.3. The van der Waals surface area contributed by atoms with Crippen molar-refractivity contribution < 1.29 is 9.53 Å². The summed E-state index contributed by atoms with van der Waals surface area (Å²) < 4.78 is 7.69. The normalized spacial score (nSPS) is 11.1. The van der Waals surface area contributed by atoms with Crippen molar-refractivity contribution in [2.75, 3.05) is 5.75 Å². The fourth-order valence-corrected chi connectivity index (χ4v) is 5.14. The van der Waals surface area contributed by atoms with E-state index < -0.39 is 0 Å². The number of hydrogen-bond donors (Lipinski definition) is 1. The van der Waals surface area contributed by atoms with Gasteiger partial charge in [0.25, 0.3) is 5.91 Å². The number of benzene rings is 3.